The summed E-state index contributed by atoms with van der Waals surface area (Å²) in [5.41, 5.74) is 0. The van der Waals surface area contributed by atoms with E-state index in [4.69, 9.17) is 0 Å². The van der Waals surface area contributed by atoms with E-state index < -0.39 is 0 Å². The van der Waals surface area contributed by atoms with Gasteiger partial charge >= 0.3 is 0 Å². The summed E-state index contributed by atoms with van der Waals surface area (Å²) in [4.78, 5) is 0. The molecule has 0 N–H and O–H groups in total. The molecule has 17 heavy (non-hydrogen) atoms. The molecule has 0 bridgehead atoms. The molecule has 0 aromatic heterocycles. The van der Waals surface area contributed by atoms with Crippen LogP contribution in [0.3, 0.4) is 0 Å². The van der Waals surface area contributed by atoms with E-state index in [1.807, 2.05) is 0 Å². The third-order valence-electron chi connectivity index (χ3n) is 2.88. The average molecular weight is 234 g/mol. The summed E-state index contributed by atoms with van der Waals surface area (Å²) in [6.45, 7) is 4.51. The lowest BCUT2D eigenvalue weighted by atomic mass is 10.1. The molecule has 0 aromatic carbocycles. The number of rotatable bonds is 12. The maximum Gasteiger partial charge on any atom is 0.0337 e. The van der Waals surface area contributed by atoms with Gasteiger partial charge in [0.2, 0.25) is 0 Å². The minimum atomic E-state index is 1.21. The Balaban J connectivity index is 3.14. The van der Waals surface area contributed by atoms with Crippen molar-refractivity contribution < 1.29 is 0 Å². The van der Waals surface area contributed by atoms with Crippen molar-refractivity contribution in [2.45, 2.75) is 78.1 Å². The van der Waals surface area contributed by atoms with Crippen molar-refractivity contribution >= 4 is 0 Å². The summed E-state index contributed by atoms with van der Waals surface area (Å²) in [6.07, 6.45) is 25.0. The van der Waals surface area contributed by atoms with Crippen molar-refractivity contribution in [1.82, 2.24) is 0 Å². The number of hydrogen-bond donors (Lipinski definition) is 0. The minimum absolute atomic E-state index is 1.21. The number of unbranched alkanes of at least 4 members (excludes halogenated alkanes) is 8. The van der Waals surface area contributed by atoms with Crippen LogP contribution in [0.15, 0.2) is 24.3 Å². The van der Waals surface area contributed by atoms with E-state index in [2.05, 4.69) is 44.6 Å². The van der Waals surface area contributed by atoms with Crippen LogP contribution in [0.2, 0.25) is 0 Å². The van der Waals surface area contributed by atoms with Gasteiger partial charge in [0.25, 0.3) is 0 Å². The molecular formula is C17H30. The van der Waals surface area contributed by atoms with E-state index in [0.29, 0.717) is 0 Å². The summed E-state index contributed by atoms with van der Waals surface area (Å²) >= 11 is 0. The van der Waals surface area contributed by atoms with Gasteiger partial charge in [-0.1, -0.05) is 76.7 Å². The van der Waals surface area contributed by atoms with Gasteiger partial charge in [-0.05, 0) is 25.7 Å². The zero-order valence-corrected chi connectivity index (χ0v) is 11.9. The molecule has 0 heterocycles. The van der Waals surface area contributed by atoms with Crippen molar-refractivity contribution in [3.63, 3.8) is 0 Å². The Morgan fingerprint density at radius 2 is 1.12 bits per heavy atom. The molecule has 0 spiro atoms. The Kier molecular flexibility index (Phi) is 15.0. The molecule has 0 saturated carbocycles. The maximum absolute atomic E-state index is 3.21. The van der Waals surface area contributed by atoms with Crippen LogP contribution < -0.4 is 0 Å². The summed E-state index contributed by atoms with van der Waals surface area (Å²) < 4.78 is 0. The SMILES string of the molecule is CCCCCC/C=C/[C]/C=C/CCCCCC. The zero-order valence-electron chi connectivity index (χ0n) is 11.9. The summed E-state index contributed by atoms with van der Waals surface area (Å²) in [5, 5.41) is 0. The van der Waals surface area contributed by atoms with Gasteiger partial charge in [-0.2, -0.15) is 0 Å². The maximum atomic E-state index is 3.21. The Hall–Kier alpha value is -0.520. The van der Waals surface area contributed by atoms with Crippen LogP contribution in [0.1, 0.15) is 78.1 Å². The monoisotopic (exact) mass is 234 g/mol. The highest BCUT2D eigenvalue weighted by Crippen LogP contribution is 2.04. The second-order valence-corrected chi connectivity index (χ2v) is 4.67. The Labute approximate surface area is 109 Å². The molecule has 0 heteroatoms. The lowest BCUT2D eigenvalue weighted by molar-refractivity contribution is 0.674. The van der Waals surface area contributed by atoms with E-state index in [1.165, 1.54) is 64.2 Å². The Bertz CT molecular complexity index is 156. The number of hydrogen-bond acceptors (Lipinski definition) is 0. The van der Waals surface area contributed by atoms with Gasteiger partial charge in [-0.15, -0.1) is 0 Å². The fraction of sp³-hybridized carbons (Fsp3) is 0.706. The van der Waals surface area contributed by atoms with Crippen LogP contribution in [-0.2, 0) is 0 Å². The van der Waals surface area contributed by atoms with Crippen LogP contribution >= 0.6 is 0 Å². The highest BCUT2D eigenvalue weighted by atomic mass is 13.9. The van der Waals surface area contributed by atoms with Crippen LogP contribution in [0.4, 0.5) is 0 Å². The smallest absolute Gasteiger partial charge is 0.0337 e. The van der Waals surface area contributed by atoms with E-state index >= 15 is 0 Å². The first-order valence-corrected chi connectivity index (χ1v) is 7.47. The van der Waals surface area contributed by atoms with Gasteiger partial charge in [-0.3, -0.25) is 0 Å². The Morgan fingerprint density at radius 3 is 1.53 bits per heavy atom. The second-order valence-electron chi connectivity index (χ2n) is 4.67. The molecule has 0 atom stereocenters. The molecule has 0 aliphatic carbocycles. The molecule has 0 aliphatic heterocycles. The highest BCUT2D eigenvalue weighted by molar-refractivity contribution is 5.08. The van der Waals surface area contributed by atoms with Crippen LogP contribution in [0.5, 0.6) is 0 Å². The number of allylic oxidation sites excluding steroid dienone is 4. The van der Waals surface area contributed by atoms with E-state index in [1.54, 1.807) is 0 Å². The fourth-order valence-corrected chi connectivity index (χ4v) is 1.74. The predicted molar refractivity (Wildman–Crippen MR) is 79.0 cm³/mol. The molecule has 2 radical (unpaired) electrons. The molecule has 0 rings (SSSR count). The molecule has 0 nitrogen and oxygen atoms in total. The summed E-state index contributed by atoms with van der Waals surface area (Å²) in [5.74, 6) is 0. The largest absolute Gasteiger partial charge is 0.0876 e. The fourth-order valence-electron chi connectivity index (χ4n) is 1.74. The lowest BCUT2D eigenvalue weighted by Gasteiger charge is -1.94. The van der Waals surface area contributed by atoms with Crippen molar-refractivity contribution in [1.29, 1.82) is 0 Å². The third kappa shape index (κ3) is 15.5. The first kappa shape index (κ1) is 16.5. The third-order valence-corrected chi connectivity index (χ3v) is 2.88. The topological polar surface area (TPSA) is 0 Å². The molecule has 0 aromatic rings. The van der Waals surface area contributed by atoms with Crippen molar-refractivity contribution in [2.24, 2.45) is 0 Å². The molecular weight excluding hydrogens is 204 g/mol. The van der Waals surface area contributed by atoms with Gasteiger partial charge in [-0.25, -0.2) is 0 Å². The molecule has 0 fully saturated rings. The molecule has 98 valence electrons. The average Bonchev–Trinajstić information content (AvgIpc) is 2.35. The first-order valence-electron chi connectivity index (χ1n) is 7.47. The quantitative estimate of drug-likeness (QED) is 0.357. The Morgan fingerprint density at radius 1 is 0.647 bits per heavy atom. The zero-order chi connectivity index (χ0) is 12.6. The van der Waals surface area contributed by atoms with Gasteiger partial charge in [0, 0.05) is 6.42 Å². The highest BCUT2D eigenvalue weighted by Gasteiger charge is 1.85. The van der Waals surface area contributed by atoms with Gasteiger partial charge in [0.1, 0.15) is 0 Å². The van der Waals surface area contributed by atoms with Gasteiger partial charge in [0.15, 0.2) is 0 Å². The molecule has 0 amide bonds. The van der Waals surface area contributed by atoms with Crippen LogP contribution in [-0.4, -0.2) is 0 Å². The standard InChI is InChI=1S/C17H30/c1-3-5-7-9-11-13-15-17-16-14-12-10-8-6-4-2/h13-16H,3-12H2,1-2H3/b15-13+,16-14+. The van der Waals surface area contributed by atoms with Gasteiger partial charge in [0.05, 0.1) is 0 Å². The molecule has 0 unspecified atom stereocenters. The van der Waals surface area contributed by atoms with Gasteiger partial charge < -0.3 is 0 Å². The van der Waals surface area contributed by atoms with Crippen molar-refractivity contribution in [3.8, 4) is 0 Å². The normalized spacial score (nSPS) is 11.9. The van der Waals surface area contributed by atoms with E-state index in [9.17, 15) is 0 Å². The lowest BCUT2D eigenvalue weighted by Crippen LogP contribution is -1.74. The second kappa shape index (κ2) is 15.5. The minimum Gasteiger partial charge on any atom is -0.0876 e. The van der Waals surface area contributed by atoms with Crippen molar-refractivity contribution in [3.05, 3.63) is 30.7 Å². The summed E-state index contributed by atoms with van der Waals surface area (Å²) in [7, 11) is 0. The van der Waals surface area contributed by atoms with Crippen molar-refractivity contribution in [2.75, 3.05) is 0 Å². The van der Waals surface area contributed by atoms with E-state index in [-0.39, 0.29) is 0 Å². The molecule has 0 saturated heterocycles. The molecule has 0 aliphatic rings. The van der Waals surface area contributed by atoms with E-state index in [0.717, 1.165) is 0 Å². The summed E-state index contributed by atoms with van der Waals surface area (Å²) in [6, 6.07) is 0. The first-order chi connectivity index (χ1) is 8.41. The van der Waals surface area contributed by atoms with Crippen LogP contribution in [0.25, 0.3) is 0 Å². The van der Waals surface area contributed by atoms with Crippen LogP contribution in [0, 0.1) is 6.42 Å². The predicted octanol–water partition coefficient (Wildman–Crippen LogP) is 6.12.